The van der Waals surface area contributed by atoms with E-state index in [1.165, 1.54) is 23.4 Å². The maximum absolute atomic E-state index is 12.1. The van der Waals surface area contributed by atoms with E-state index in [-0.39, 0.29) is 5.91 Å². The van der Waals surface area contributed by atoms with Crippen molar-refractivity contribution >= 4 is 29.0 Å². The summed E-state index contributed by atoms with van der Waals surface area (Å²) in [5, 5.41) is 14.3. The number of rotatable bonds is 4. The Bertz CT molecular complexity index is 486. The summed E-state index contributed by atoms with van der Waals surface area (Å²) in [5.74, 6) is 1.52. The highest BCUT2D eigenvalue weighted by molar-refractivity contribution is 7.99. The Morgan fingerprint density at radius 3 is 2.81 bits per heavy atom. The van der Waals surface area contributed by atoms with E-state index in [1.54, 1.807) is 23.1 Å². The molecule has 1 saturated heterocycles. The fraction of sp³-hybridized carbons (Fsp3) is 0.733. The van der Waals surface area contributed by atoms with Gasteiger partial charge in [0.15, 0.2) is 0 Å². The molecule has 1 fully saturated rings. The lowest BCUT2D eigenvalue weighted by atomic mass is 9.96. The first-order valence-corrected chi connectivity index (χ1v) is 9.70. The molecule has 1 aliphatic carbocycles. The second kappa shape index (κ2) is 6.67. The number of thioether (sulfide) groups is 1. The Kier molecular flexibility index (Phi) is 4.86. The highest BCUT2D eigenvalue weighted by atomic mass is 32.2. The molecule has 2 heterocycles. The minimum Gasteiger partial charge on any atom is -0.380 e. The number of carbonyl (C=O) groups excluding carboxylic acids is 1. The number of aliphatic hydroxyl groups is 1. The normalized spacial score (nSPS) is 20.8. The Balaban J connectivity index is 1.49. The SMILES string of the molecule is O=C(NCCc1nc2c(s1)CCCC2)C1(O)CCSCC1. The van der Waals surface area contributed by atoms with Crippen LogP contribution in [0.3, 0.4) is 0 Å². The van der Waals surface area contributed by atoms with Crippen molar-refractivity contribution in [2.75, 3.05) is 18.1 Å². The summed E-state index contributed by atoms with van der Waals surface area (Å²) in [6, 6.07) is 0. The first kappa shape index (κ1) is 15.3. The number of fused-ring (bicyclic) bond motifs is 1. The van der Waals surface area contributed by atoms with E-state index in [1.807, 2.05) is 0 Å². The van der Waals surface area contributed by atoms with Gasteiger partial charge in [-0.2, -0.15) is 11.8 Å². The molecule has 1 aromatic rings. The summed E-state index contributed by atoms with van der Waals surface area (Å²) in [7, 11) is 0. The predicted octanol–water partition coefficient (Wildman–Crippen LogP) is 1.94. The van der Waals surface area contributed by atoms with Crippen LogP contribution in [-0.2, 0) is 24.1 Å². The Hall–Kier alpha value is -0.590. The van der Waals surface area contributed by atoms with Crippen molar-refractivity contribution in [3.05, 3.63) is 15.6 Å². The van der Waals surface area contributed by atoms with Crippen LogP contribution in [0.15, 0.2) is 0 Å². The van der Waals surface area contributed by atoms with Crippen LogP contribution in [0.4, 0.5) is 0 Å². The van der Waals surface area contributed by atoms with Crippen LogP contribution in [0, 0.1) is 0 Å². The van der Waals surface area contributed by atoms with Gasteiger partial charge < -0.3 is 10.4 Å². The maximum atomic E-state index is 12.1. The summed E-state index contributed by atoms with van der Waals surface area (Å²) in [6.45, 7) is 0.570. The van der Waals surface area contributed by atoms with Crippen LogP contribution < -0.4 is 5.32 Å². The number of nitrogens with one attached hydrogen (secondary N) is 1. The zero-order valence-corrected chi connectivity index (χ0v) is 13.8. The van der Waals surface area contributed by atoms with Gasteiger partial charge in [-0.1, -0.05) is 0 Å². The highest BCUT2D eigenvalue weighted by Gasteiger charge is 2.37. The summed E-state index contributed by atoms with van der Waals surface area (Å²) < 4.78 is 0. The number of hydrogen-bond acceptors (Lipinski definition) is 5. The molecule has 0 bridgehead atoms. The van der Waals surface area contributed by atoms with Gasteiger partial charge in [0.1, 0.15) is 5.60 Å². The van der Waals surface area contributed by atoms with Gasteiger partial charge >= 0.3 is 0 Å². The van der Waals surface area contributed by atoms with Crippen molar-refractivity contribution in [2.45, 2.75) is 50.5 Å². The van der Waals surface area contributed by atoms with Gasteiger partial charge in [-0.15, -0.1) is 11.3 Å². The second-order valence-electron chi connectivity index (χ2n) is 5.83. The van der Waals surface area contributed by atoms with Crippen molar-refractivity contribution in [2.24, 2.45) is 0 Å². The smallest absolute Gasteiger partial charge is 0.252 e. The molecule has 3 rings (SSSR count). The van der Waals surface area contributed by atoms with E-state index < -0.39 is 5.60 Å². The monoisotopic (exact) mass is 326 g/mol. The number of hydrogen-bond donors (Lipinski definition) is 2. The number of aryl methyl sites for hydroxylation is 2. The van der Waals surface area contributed by atoms with Crippen molar-refractivity contribution in [3.63, 3.8) is 0 Å². The van der Waals surface area contributed by atoms with Crippen LogP contribution in [0.5, 0.6) is 0 Å². The molecule has 116 valence electrons. The third kappa shape index (κ3) is 3.60. The lowest BCUT2D eigenvalue weighted by Gasteiger charge is -2.30. The molecule has 0 spiro atoms. The zero-order chi connectivity index (χ0) is 14.7. The Labute approximate surface area is 133 Å². The van der Waals surface area contributed by atoms with Gasteiger partial charge in [0.25, 0.3) is 5.91 Å². The van der Waals surface area contributed by atoms with Crippen molar-refractivity contribution < 1.29 is 9.90 Å². The average molecular weight is 326 g/mol. The Morgan fingerprint density at radius 2 is 2.05 bits per heavy atom. The van der Waals surface area contributed by atoms with E-state index in [2.05, 4.69) is 10.3 Å². The van der Waals surface area contributed by atoms with Gasteiger partial charge in [-0.3, -0.25) is 4.79 Å². The van der Waals surface area contributed by atoms with Crippen molar-refractivity contribution in [1.29, 1.82) is 0 Å². The molecule has 0 unspecified atom stereocenters. The van der Waals surface area contributed by atoms with Gasteiger partial charge in [-0.25, -0.2) is 4.98 Å². The van der Waals surface area contributed by atoms with Crippen LogP contribution in [0.2, 0.25) is 0 Å². The molecule has 6 heteroatoms. The predicted molar refractivity (Wildman–Crippen MR) is 87.0 cm³/mol. The van der Waals surface area contributed by atoms with Crippen molar-refractivity contribution in [3.8, 4) is 0 Å². The van der Waals surface area contributed by atoms with Crippen LogP contribution in [0.1, 0.15) is 41.3 Å². The lowest BCUT2D eigenvalue weighted by Crippen LogP contribution is -2.49. The van der Waals surface area contributed by atoms with E-state index in [0.29, 0.717) is 19.4 Å². The number of aromatic nitrogens is 1. The highest BCUT2D eigenvalue weighted by Crippen LogP contribution is 2.28. The maximum Gasteiger partial charge on any atom is 0.252 e. The van der Waals surface area contributed by atoms with Crippen LogP contribution in [0.25, 0.3) is 0 Å². The molecular formula is C15H22N2O2S2. The quantitative estimate of drug-likeness (QED) is 0.888. The molecule has 0 saturated carbocycles. The fourth-order valence-electron chi connectivity index (χ4n) is 2.90. The van der Waals surface area contributed by atoms with Crippen LogP contribution >= 0.6 is 23.1 Å². The molecule has 0 radical (unpaired) electrons. The molecule has 2 N–H and O–H groups in total. The number of thiazole rings is 1. The fourth-order valence-corrected chi connectivity index (χ4v) is 5.22. The number of nitrogens with zero attached hydrogens (tertiary/aromatic N) is 1. The first-order chi connectivity index (χ1) is 10.2. The van der Waals surface area contributed by atoms with E-state index in [9.17, 15) is 9.90 Å². The number of carbonyl (C=O) groups is 1. The third-order valence-electron chi connectivity index (χ3n) is 4.26. The average Bonchev–Trinajstić information content (AvgIpc) is 2.90. The molecule has 2 aliphatic rings. The van der Waals surface area contributed by atoms with E-state index in [4.69, 9.17) is 0 Å². The van der Waals surface area contributed by atoms with Gasteiger partial charge in [-0.05, 0) is 50.0 Å². The van der Waals surface area contributed by atoms with E-state index in [0.717, 1.165) is 35.8 Å². The lowest BCUT2D eigenvalue weighted by molar-refractivity contribution is -0.140. The minimum atomic E-state index is -1.15. The summed E-state index contributed by atoms with van der Waals surface area (Å²) in [4.78, 5) is 18.2. The van der Waals surface area contributed by atoms with E-state index >= 15 is 0 Å². The van der Waals surface area contributed by atoms with Gasteiger partial charge in [0, 0.05) is 17.8 Å². The largest absolute Gasteiger partial charge is 0.380 e. The number of amides is 1. The molecule has 21 heavy (non-hydrogen) atoms. The van der Waals surface area contributed by atoms with Gasteiger partial charge in [0.05, 0.1) is 10.7 Å². The first-order valence-electron chi connectivity index (χ1n) is 7.73. The zero-order valence-electron chi connectivity index (χ0n) is 12.2. The third-order valence-corrected chi connectivity index (χ3v) is 6.46. The topological polar surface area (TPSA) is 62.2 Å². The van der Waals surface area contributed by atoms with Crippen LogP contribution in [-0.4, -0.2) is 39.6 Å². The molecule has 1 aromatic heterocycles. The molecule has 1 aliphatic heterocycles. The minimum absolute atomic E-state index is 0.205. The van der Waals surface area contributed by atoms with Gasteiger partial charge in [0.2, 0.25) is 0 Å². The molecule has 0 aromatic carbocycles. The molecule has 1 amide bonds. The standard InChI is InChI=1S/C15H22N2O2S2/c18-14(15(19)6-9-20-10-7-15)16-8-5-13-17-11-3-1-2-4-12(11)21-13/h19H,1-10H2,(H,16,18). The summed E-state index contributed by atoms with van der Waals surface area (Å²) >= 11 is 3.60. The molecule has 4 nitrogen and oxygen atoms in total. The summed E-state index contributed by atoms with van der Waals surface area (Å²) in [6.07, 6.45) is 6.69. The van der Waals surface area contributed by atoms with Crippen molar-refractivity contribution in [1.82, 2.24) is 10.3 Å². The Morgan fingerprint density at radius 1 is 1.29 bits per heavy atom. The molecular weight excluding hydrogens is 304 g/mol. The summed E-state index contributed by atoms with van der Waals surface area (Å²) in [5.41, 5.74) is 0.128. The second-order valence-corrected chi connectivity index (χ2v) is 8.23. The molecule has 0 atom stereocenters.